The minimum atomic E-state index is 0.824. The van der Waals surface area contributed by atoms with E-state index in [1.165, 1.54) is 22.0 Å². The van der Waals surface area contributed by atoms with Gasteiger partial charge >= 0.3 is 0 Å². The van der Waals surface area contributed by atoms with Gasteiger partial charge in [0.15, 0.2) is 0 Å². The summed E-state index contributed by atoms with van der Waals surface area (Å²) < 4.78 is 11.7. The third-order valence-corrected chi connectivity index (χ3v) is 5.06. The van der Waals surface area contributed by atoms with Crippen LogP contribution in [0.1, 0.15) is 17.0 Å². The number of fused-ring (bicyclic) bond motifs is 1. The van der Waals surface area contributed by atoms with E-state index >= 15 is 0 Å². The summed E-state index contributed by atoms with van der Waals surface area (Å²) in [5, 5.41) is 4.08. The third kappa shape index (κ3) is 2.09. The standard InChI is InChI=1S/C17H16N4OS/c1-9-7-19-23-17(9)13-5-12(15-10(2)20-22-11(15)3)6-14-16(13)21(4)8-18-14/h5-8H,1-4H3. The maximum atomic E-state index is 5.34. The fourth-order valence-corrected chi connectivity index (χ4v) is 3.82. The van der Waals surface area contributed by atoms with Crippen LogP contribution in [0.4, 0.5) is 0 Å². The molecule has 0 aliphatic rings. The van der Waals surface area contributed by atoms with Gasteiger partial charge in [-0.05, 0) is 55.6 Å². The summed E-state index contributed by atoms with van der Waals surface area (Å²) in [5.74, 6) is 0.824. The van der Waals surface area contributed by atoms with E-state index in [4.69, 9.17) is 4.52 Å². The molecule has 0 radical (unpaired) electrons. The van der Waals surface area contributed by atoms with E-state index in [9.17, 15) is 0 Å². The molecule has 23 heavy (non-hydrogen) atoms. The molecule has 0 aliphatic carbocycles. The summed E-state index contributed by atoms with van der Waals surface area (Å²) in [4.78, 5) is 5.72. The number of hydrogen-bond donors (Lipinski definition) is 0. The molecule has 0 amide bonds. The van der Waals surface area contributed by atoms with Gasteiger partial charge in [0.1, 0.15) is 5.76 Å². The zero-order valence-electron chi connectivity index (χ0n) is 13.4. The molecule has 0 saturated carbocycles. The maximum Gasteiger partial charge on any atom is 0.141 e. The van der Waals surface area contributed by atoms with E-state index in [0.29, 0.717) is 0 Å². The first kappa shape index (κ1) is 14.1. The first-order valence-electron chi connectivity index (χ1n) is 7.36. The van der Waals surface area contributed by atoms with Crippen molar-refractivity contribution in [2.75, 3.05) is 0 Å². The van der Waals surface area contributed by atoms with Gasteiger partial charge in [-0.2, -0.15) is 0 Å². The monoisotopic (exact) mass is 324 g/mol. The van der Waals surface area contributed by atoms with Crippen LogP contribution in [0.15, 0.2) is 29.2 Å². The summed E-state index contributed by atoms with van der Waals surface area (Å²) in [6.45, 7) is 5.99. The summed E-state index contributed by atoms with van der Waals surface area (Å²) >= 11 is 1.51. The molecule has 0 saturated heterocycles. The Hall–Kier alpha value is -2.47. The van der Waals surface area contributed by atoms with Crippen LogP contribution in [0.25, 0.3) is 32.6 Å². The van der Waals surface area contributed by atoms with Crippen molar-refractivity contribution in [2.45, 2.75) is 20.8 Å². The molecule has 0 atom stereocenters. The van der Waals surface area contributed by atoms with E-state index in [-0.39, 0.29) is 0 Å². The molecule has 0 fully saturated rings. The number of imidazole rings is 1. The number of benzene rings is 1. The molecule has 1 aromatic carbocycles. The molecule has 4 rings (SSSR count). The normalized spacial score (nSPS) is 11.5. The number of rotatable bonds is 2. The van der Waals surface area contributed by atoms with Crippen LogP contribution < -0.4 is 0 Å². The highest BCUT2D eigenvalue weighted by atomic mass is 32.1. The molecule has 5 nitrogen and oxygen atoms in total. The fourth-order valence-electron chi connectivity index (χ4n) is 3.06. The largest absolute Gasteiger partial charge is 0.361 e. The average Bonchev–Trinajstić information content (AvgIpc) is 3.19. The van der Waals surface area contributed by atoms with Crippen LogP contribution in [0.5, 0.6) is 0 Å². The third-order valence-electron chi connectivity index (χ3n) is 4.13. The molecule has 6 heteroatoms. The summed E-state index contributed by atoms with van der Waals surface area (Å²) in [6, 6.07) is 4.29. The maximum absolute atomic E-state index is 5.34. The van der Waals surface area contributed by atoms with Crippen LogP contribution >= 0.6 is 11.5 Å². The smallest absolute Gasteiger partial charge is 0.141 e. The highest BCUT2D eigenvalue weighted by Crippen LogP contribution is 2.38. The quantitative estimate of drug-likeness (QED) is 0.552. The second-order valence-corrected chi connectivity index (χ2v) is 6.59. The zero-order chi connectivity index (χ0) is 16.1. The van der Waals surface area contributed by atoms with Crippen molar-refractivity contribution in [2.24, 2.45) is 7.05 Å². The molecule has 0 bridgehead atoms. The van der Waals surface area contributed by atoms with Gasteiger partial charge in [0, 0.05) is 24.4 Å². The Morgan fingerprint density at radius 2 is 2.00 bits per heavy atom. The van der Waals surface area contributed by atoms with Gasteiger partial charge in [0.2, 0.25) is 0 Å². The highest BCUT2D eigenvalue weighted by molar-refractivity contribution is 7.09. The molecule has 0 N–H and O–H groups in total. The first-order chi connectivity index (χ1) is 11.1. The summed E-state index contributed by atoms with van der Waals surface area (Å²) in [5.41, 5.74) is 7.42. The second kappa shape index (κ2) is 5.03. The highest BCUT2D eigenvalue weighted by Gasteiger charge is 2.18. The van der Waals surface area contributed by atoms with Crippen LogP contribution in [0, 0.1) is 20.8 Å². The molecule has 4 aromatic rings. The molecule has 0 unspecified atom stereocenters. The van der Waals surface area contributed by atoms with Gasteiger partial charge in [-0.15, -0.1) is 0 Å². The molecule has 116 valence electrons. The van der Waals surface area contributed by atoms with Crippen LogP contribution in [-0.2, 0) is 7.05 Å². The van der Waals surface area contributed by atoms with Crippen molar-refractivity contribution in [3.8, 4) is 21.6 Å². The molecular weight excluding hydrogens is 308 g/mol. The lowest BCUT2D eigenvalue weighted by atomic mass is 9.99. The zero-order valence-corrected chi connectivity index (χ0v) is 14.2. The number of aromatic nitrogens is 4. The SMILES string of the molecule is Cc1cnsc1-c1cc(-c2c(C)noc2C)cc2ncn(C)c12. The Morgan fingerprint density at radius 1 is 1.17 bits per heavy atom. The fraction of sp³-hybridized carbons (Fsp3) is 0.235. The Morgan fingerprint density at radius 3 is 2.65 bits per heavy atom. The van der Waals surface area contributed by atoms with Crippen molar-refractivity contribution < 1.29 is 4.52 Å². The average molecular weight is 324 g/mol. The van der Waals surface area contributed by atoms with Gasteiger partial charge in [0.05, 0.1) is 27.9 Å². The van der Waals surface area contributed by atoms with Gasteiger partial charge in [0.25, 0.3) is 0 Å². The Kier molecular flexibility index (Phi) is 3.09. The summed E-state index contributed by atoms with van der Waals surface area (Å²) in [6.07, 6.45) is 3.76. The second-order valence-electron chi connectivity index (χ2n) is 5.78. The Bertz CT molecular complexity index is 1010. The topological polar surface area (TPSA) is 56.7 Å². The van der Waals surface area contributed by atoms with Crippen LogP contribution in [0.3, 0.4) is 0 Å². The molecule has 3 aromatic heterocycles. The van der Waals surface area contributed by atoms with Crippen molar-refractivity contribution in [1.82, 2.24) is 19.1 Å². The van der Waals surface area contributed by atoms with E-state index in [2.05, 4.69) is 38.1 Å². The lowest BCUT2D eigenvalue weighted by Gasteiger charge is -2.08. The van der Waals surface area contributed by atoms with Gasteiger partial charge in [-0.25, -0.2) is 9.36 Å². The van der Waals surface area contributed by atoms with Crippen molar-refractivity contribution >= 4 is 22.6 Å². The summed E-state index contributed by atoms with van der Waals surface area (Å²) in [7, 11) is 2.02. The molecular formula is C17H16N4OS. The minimum absolute atomic E-state index is 0.824. The molecule has 0 aliphatic heterocycles. The van der Waals surface area contributed by atoms with Crippen molar-refractivity contribution in [3.63, 3.8) is 0 Å². The van der Waals surface area contributed by atoms with E-state index in [1.807, 2.05) is 33.4 Å². The van der Waals surface area contributed by atoms with Gasteiger partial charge < -0.3 is 9.09 Å². The Balaban J connectivity index is 2.08. The molecule has 3 heterocycles. The Labute approximate surface area is 137 Å². The van der Waals surface area contributed by atoms with Crippen LogP contribution in [0.2, 0.25) is 0 Å². The number of nitrogens with zero attached hydrogens (tertiary/aromatic N) is 4. The predicted octanol–water partition coefficient (Wildman–Crippen LogP) is 4.28. The van der Waals surface area contributed by atoms with Crippen LogP contribution in [-0.4, -0.2) is 19.1 Å². The first-order valence-corrected chi connectivity index (χ1v) is 8.13. The van der Waals surface area contributed by atoms with E-state index in [1.54, 1.807) is 0 Å². The van der Waals surface area contributed by atoms with Crippen molar-refractivity contribution in [1.29, 1.82) is 0 Å². The predicted molar refractivity (Wildman–Crippen MR) is 91.5 cm³/mol. The number of aryl methyl sites for hydroxylation is 4. The van der Waals surface area contributed by atoms with E-state index < -0.39 is 0 Å². The van der Waals surface area contributed by atoms with E-state index in [0.717, 1.165) is 39.2 Å². The molecule has 0 spiro atoms. The van der Waals surface area contributed by atoms with Gasteiger partial charge in [-0.3, -0.25) is 0 Å². The number of hydrogen-bond acceptors (Lipinski definition) is 5. The van der Waals surface area contributed by atoms with Gasteiger partial charge in [-0.1, -0.05) is 5.16 Å². The lowest BCUT2D eigenvalue weighted by Crippen LogP contribution is -1.90. The minimum Gasteiger partial charge on any atom is -0.361 e. The lowest BCUT2D eigenvalue weighted by molar-refractivity contribution is 0.393. The van der Waals surface area contributed by atoms with Crippen molar-refractivity contribution in [3.05, 3.63) is 41.7 Å².